The Hall–Kier alpha value is -2.80. The first-order valence-corrected chi connectivity index (χ1v) is 10.4. The molecule has 1 aliphatic carbocycles. The van der Waals surface area contributed by atoms with Crippen molar-refractivity contribution in [2.24, 2.45) is 0 Å². The Balaban J connectivity index is 1.41. The first kappa shape index (κ1) is 21.4. The van der Waals surface area contributed by atoms with Gasteiger partial charge in [0.15, 0.2) is 17.6 Å². The second-order valence-corrected chi connectivity index (χ2v) is 9.13. The second kappa shape index (κ2) is 8.04. The van der Waals surface area contributed by atoms with Crippen molar-refractivity contribution in [3.05, 3.63) is 58.4 Å². The molecule has 31 heavy (non-hydrogen) atoms. The molecule has 1 unspecified atom stereocenters. The summed E-state index contributed by atoms with van der Waals surface area (Å²) in [5.41, 5.74) is 0.527. The van der Waals surface area contributed by atoms with Crippen LogP contribution in [-0.2, 0) is 11.2 Å². The van der Waals surface area contributed by atoms with Gasteiger partial charge in [-0.1, -0.05) is 17.7 Å². The second-order valence-electron chi connectivity index (χ2n) is 8.69. The zero-order chi connectivity index (χ0) is 22.3. The Morgan fingerprint density at radius 2 is 1.84 bits per heavy atom. The van der Waals surface area contributed by atoms with E-state index in [1.54, 1.807) is 29.2 Å². The van der Waals surface area contributed by atoms with Crippen LogP contribution in [0.5, 0.6) is 11.5 Å². The largest absolute Gasteiger partial charge is 0.483 e. The highest BCUT2D eigenvalue weighted by Gasteiger charge is 2.37. The molecule has 1 heterocycles. The van der Waals surface area contributed by atoms with Crippen LogP contribution in [0.3, 0.4) is 0 Å². The van der Waals surface area contributed by atoms with Gasteiger partial charge in [0.05, 0.1) is 13.1 Å². The molecule has 1 fully saturated rings. The number of hydrogen-bond donors (Lipinski definition) is 0. The normalized spacial score (nSPS) is 18.4. The Morgan fingerprint density at radius 3 is 2.55 bits per heavy atom. The average molecular weight is 448 g/mol. The molecule has 2 aliphatic rings. The van der Waals surface area contributed by atoms with E-state index in [1.807, 2.05) is 20.8 Å². The minimum absolute atomic E-state index is 0.251. The third kappa shape index (κ3) is 4.77. The van der Waals surface area contributed by atoms with E-state index in [0.717, 1.165) is 5.56 Å². The highest BCUT2D eigenvalue weighted by atomic mass is 35.5. The van der Waals surface area contributed by atoms with Crippen molar-refractivity contribution in [1.82, 2.24) is 4.90 Å². The van der Waals surface area contributed by atoms with Crippen molar-refractivity contribution in [2.75, 3.05) is 13.1 Å². The zero-order valence-electron chi connectivity index (χ0n) is 17.5. The lowest BCUT2D eigenvalue weighted by Crippen LogP contribution is -2.57. The van der Waals surface area contributed by atoms with Crippen LogP contribution < -0.4 is 9.47 Å². The van der Waals surface area contributed by atoms with Crippen molar-refractivity contribution in [3.63, 3.8) is 0 Å². The highest BCUT2D eigenvalue weighted by molar-refractivity contribution is 6.30. The number of benzene rings is 2. The third-order valence-electron chi connectivity index (χ3n) is 5.00. The molecule has 6 nitrogen and oxygen atoms in total. The standard InChI is InChI=1S/C23H23ClFNO5/c1-23(2,3)31-22(28)26-11-16(12-26)29-19-9-14(24)5-7-18(19)30-20-8-13-4-6-15(25)10-17(13)21(20)27/h4-7,9-10,16,20H,8,11-12H2,1-3H3. The van der Waals surface area contributed by atoms with E-state index in [0.29, 0.717) is 41.6 Å². The van der Waals surface area contributed by atoms with Gasteiger partial charge in [0.2, 0.25) is 5.78 Å². The summed E-state index contributed by atoms with van der Waals surface area (Å²) in [6.07, 6.45) is -1.05. The Labute approximate surface area is 184 Å². The molecule has 1 aliphatic heterocycles. The van der Waals surface area contributed by atoms with E-state index in [-0.39, 0.29) is 11.9 Å². The number of amides is 1. The quantitative estimate of drug-likeness (QED) is 0.681. The lowest BCUT2D eigenvalue weighted by Gasteiger charge is -2.39. The van der Waals surface area contributed by atoms with E-state index >= 15 is 0 Å². The fourth-order valence-electron chi connectivity index (χ4n) is 3.51. The van der Waals surface area contributed by atoms with Crippen LogP contribution in [0, 0.1) is 5.82 Å². The van der Waals surface area contributed by atoms with Crippen molar-refractivity contribution in [2.45, 2.75) is 45.0 Å². The molecule has 8 heteroatoms. The topological polar surface area (TPSA) is 65.1 Å². The van der Waals surface area contributed by atoms with Gasteiger partial charge < -0.3 is 19.1 Å². The van der Waals surface area contributed by atoms with E-state index in [9.17, 15) is 14.0 Å². The van der Waals surface area contributed by atoms with Crippen LogP contribution in [0.1, 0.15) is 36.7 Å². The monoisotopic (exact) mass is 447 g/mol. The number of hydrogen-bond acceptors (Lipinski definition) is 5. The molecule has 0 N–H and O–H groups in total. The molecule has 2 aromatic carbocycles. The lowest BCUT2D eigenvalue weighted by atomic mass is 10.1. The summed E-state index contributed by atoms with van der Waals surface area (Å²) in [4.78, 5) is 26.3. The number of halogens is 2. The summed E-state index contributed by atoms with van der Waals surface area (Å²) < 4.78 is 30.8. The molecule has 1 saturated heterocycles. The summed E-state index contributed by atoms with van der Waals surface area (Å²) in [5.74, 6) is 0.0287. The first-order chi connectivity index (χ1) is 14.6. The maximum atomic E-state index is 13.5. The molecule has 0 saturated carbocycles. The minimum Gasteiger partial charge on any atom is -0.483 e. The third-order valence-corrected chi connectivity index (χ3v) is 5.24. The number of ether oxygens (including phenoxy) is 3. The van der Waals surface area contributed by atoms with Gasteiger partial charge in [-0.15, -0.1) is 0 Å². The SMILES string of the molecule is CC(C)(C)OC(=O)N1CC(Oc2cc(Cl)ccc2OC2Cc3ccc(F)cc3C2=O)C1. The van der Waals surface area contributed by atoms with Gasteiger partial charge in [-0.3, -0.25) is 4.79 Å². The van der Waals surface area contributed by atoms with Gasteiger partial charge in [-0.25, -0.2) is 9.18 Å². The lowest BCUT2D eigenvalue weighted by molar-refractivity contribution is -0.0229. The predicted molar refractivity (Wildman–Crippen MR) is 113 cm³/mol. The molecule has 4 rings (SSSR count). The van der Waals surface area contributed by atoms with Crippen molar-refractivity contribution in [3.8, 4) is 11.5 Å². The molecule has 0 radical (unpaired) electrons. The smallest absolute Gasteiger partial charge is 0.410 e. The Morgan fingerprint density at radius 1 is 1.10 bits per heavy atom. The number of carbonyl (C=O) groups is 2. The van der Waals surface area contributed by atoms with Gasteiger partial charge in [-0.2, -0.15) is 0 Å². The number of fused-ring (bicyclic) bond motifs is 1. The van der Waals surface area contributed by atoms with Gasteiger partial charge in [0.1, 0.15) is 17.5 Å². The summed E-state index contributed by atoms with van der Waals surface area (Å²) in [5, 5.41) is 0.453. The van der Waals surface area contributed by atoms with Crippen LogP contribution >= 0.6 is 11.6 Å². The fourth-order valence-corrected chi connectivity index (χ4v) is 3.67. The average Bonchev–Trinajstić information content (AvgIpc) is 2.93. The molecular formula is C23H23ClFNO5. The van der Waals surface area contributed by atoms with Crippen LogP contribution in [-0.4, -0.2) is 47.7 Å². The summed E-state index contributed by atoms with van der Waals surface area (Å²) in [6, 6.07) is 9.06. The maximum Gasteiger partial charge on any atom is 0.410 e. The summed E-state index contributed by atoms with van der Waals surface area (Å²) in [6.45, 7) is 6.17. The maximum absolute atomic E-state index is 13.5. The predicted octanol–water partition coefficient (Wildman–Crippen LogP) is 4.66. The van der Waals surface area contributed by atoms with E-state index in [4.69, 9.17) is 25.8 Å². The number of likely N-dealkylation sites (tertiary alicyclic amines) is 1. The van der Waals surface area contributed by atoms with Crippen LogP contribution in [0.25, 0.3) is 0 Å². The number of nitrogens with zero attached hydrogens (tertiary/aromatic N) is 1. The summed E-state index contributed by atoms with van der Waals surface area (Å²) >= 11 is 6.12. The molecule has 0 bridgehead atoms. The van der Waals surface area contributed by atoms with Crippen LogP contribution in [0.2, 0.25) is 5.02 Å². The number of Topliss-reactive ketones (excluding diaryl/α,β-unsaturated/α-hetero) is 1. The van der Waals surface area contributed by atoms with Gasteiger partial charge in [0, 0.05) is 23.1 Å². The van der Waals surface area contributed by atoms with Crippen molar-refractivity contribution in [1.29, 1.82) is 0 Å². The summed E-state index contributed by atoms with van der Waals surface area (Å²) in [7, 11) is 0. The minimum atomic E-state index is -0.764. The first-order valence-electron chi connectivity index (χ1n) is 10.0. The van der Waals surface area contributed by atoms with Gasteiger partial charge >= 0.3 is 6.09 Å². The van der Waals surface area contributed by atoms with Crippen molar-refractivity contribution >= 4 is 23.5 Å². The molecule has 1 amide bonds. The van der Waals surface area contributed by atoms with Crippen LogP contribution in [0.15, 0.2) is 36.4 Å². The highest BCUT2D eigenvalue weighted by Crippen LogP contribution is 2.35. The molecule has 0 spiro atoms. The Bertz CT molecular complexity index is 1030. The van der Waals surface area contributed by atoms with Gasteiger partial charge in [-0.05, 0) is 50.6 Å². The number of ketones is 1. The number of carbonyl (C=O) groups excluding carboxylic acids is 2. The fraction of sp³-hybridized carbons (Fsp3) is 0.391. The van der Waals surface area contributed by atoms with E-state index < -0.39 is 23.6 Å². The molecule has 1 atom stereocenters. The van der Waals surface area contributed by atoms with E-state index in [2.05, 4.69) is 0 Å². The molecule has 164 valence electrons. The van der Waals surface area contributed by atoms with Crippen LogP contribution in [0.4, 0.5) is 9.18 Å². The van der Waals surface area contributed by atoms with Gasteiger partial charge in [0.25, 0.3) is 0 Å². The number of rotatable bonds is 4. The van der Waals surface area contributed by atoms with E-state index in [1.165, 1.54) is 12.1 Å². The molecule has 0 aromatic heterocycles. The molecule has 2 aromatic rings. The van der Waals surface area contributed by atoms with Crippen molar-refractivity contribution < 1.29 is 28.2 Å². The molecular weight excluding hydrogens is 425 g/mol. The zero-order valence-corrected chi connectivity index (χ0v) is 18.2. The Kier molecular flexibility index (Phi) is 5.56.